The monoisotopic (exact) mass is 130 g/mol. The van der Waals surface area contributed by atoms with Gasteiger partial charge in [-0.15, -0.1) is 0 Å². The summed E-state index contributed by atoms with van der Waals surface area (Å²) in [6.07, 6.45) is 2.00. The van der Waals surface area contributed by atoms with Gasteiger partial charge in [0.1, 0.15) is 12.2 Å². The Labute approximate surface area is 55.3 Å². The zero-order chi connectivity index (χ0) is 6.41. The first-order valence-corrected chi connectivity index (χ1v) is 2.95. The molecule has 0 aromatic heterocycles. The summed E-state index contributed by atoms with van der Waals surface area (Å²) in [7, 11) is 0. The van der Waals surface area contributed by atoms with Crippen molar-refractivity contribution in [2.45, 2.75) is 13.8 Å². The second kappa shape index (κ2) is 4.78. The summed E-state index contributed by atoms with van der Waals surface area (Å²) in [6, 6.07) is 0. The third-order valence-electron chi connectivity index (χ3n) is 0.872. The molecule has 0 N–H and O–H groups in total. The fraction of sp³-hybridized carbons (Fsp3) is 0.500. The quantitative estimate of drug-likeness (QED) is 0.426. The molecule has 0 aromatic carbocycles. The van der Waals surface area contributed by atoms with Gasteiger partial charge in [-0.3, -0.25) is 0 Å². The SMILES string of the molecule is CC=C(C)COC=S. The van der Waals surface area contributed by atoms with Crippen molar-refractivity contribution in [2.24, 2.45) is 0 Å². The van der Waals surface area contributed by atoms with Gasteiger partial charge >= 0.3 is 0 Å². The van der Waals surface area contributed by atoms with Crippen LogP contribution < -0.4 is 0 Å². The van der Waals surface area contributed by atoms with Crippen LogP contribution in [0.4, 0.5) is 0 Å². The molecule has 0 aliphatic carbocycles. The molecule has 0 radical (unpaired) electrons. The minimum Gasteiger partial charge on any atom is -0.486 e. The number of hydrogen-bond acceptors (Lipinski definition) is 2. The maximum atomic E-state index is 4.81. The standard InChI is InChI=1S/C6H10OS/c1-3-6(2)4-7-5-8/h3,5H,4H2,1-2H3. The van der Waals surface area contributed by atoms with Crippen molar-refractivity contribution in [3.63, 3.8) is 0 Å². The van der Waals surface area contributed by atoms with Crippen molar-refractivity contribution < 1.29 is 4.74 Å². The van der Waals surface area contributed by atoms with Crippen LogP contribution in [0.5, 0.6) is 0 Å². The van der Waals surface area contributed by atoms with Gasteiger partial charge in [0.25, 0.3) is 0 Å². The second-order valence-corrected chi connectivity index (χ2v) is 1.73. The number of allylic oxidation sites excluding steroid dienone is 1. The summed E-state index contributed by atoms with van der Waals surface area (Å²) in [5, 5.41) is 0. The van der Waals surface area contributed by atoms with E-state index in [9.17, 15) is 0 Å². The van der Waals surface area contributed by atoms with Gasteiger partial charge in [-0.2, -0.15) is 0 Å². The molecule has 0 aromatic rings. The Morgan fingerprint density at radius 1 is 1.75 bits per heavy atom. The molecule has 0 spiro atoms. The first-order valence-electron chi connectivity index (χ1n) is 2.48. The van der Waals surface area contributed by atoms with Crippen LogP contribution in [0, 0.1) is 0 Å². The third kappa shape index (κ3) is 3.81. The molecule has 46 valence electrons. The molecule has 0 fully saturated rings. The van der Waals surface area contributed by atoms with E-state index in [2.05, 4.69) is 12.2 Å². The van der Waals surface area contributed by atoms with Crippen LogP contribution in [0.15, 0.2) is 11.6 Å². The van der Waals surface area contributed by atoms with Gasteiger partial charge in [0.05, 0.1) is 0 Å². The number of thiocarbonyl (C=S) groups is 1. The molecule has 0 saturated carbocycles. The van der Waals surface area contributed by atoms with Gasteiger partial charge in [-0.05, 0) is 31.6 Å². The molecule has 0 saturated heterocycles. The molecule has 2 heteroatoms. The molecule has 0 unspecified atom stereocenters. The van der Waals surface area contributed by atoms with Crippen LogP contribution in [0.2, 0.25) is 0 Å². The highest BCUT2D eigenvalue weighted by molar-refractivity contribution is 7.78. The zero-order valence-corrected chi connectivity index (χ0v) is 5.99. The predicted octanol–water partition coefficient (Wildman–Crippen LogP) is 1.93. The first-order chi connectivity index (χ1) is 3.81. The number of ether oxygens (including phenoxy) is 1. The summed E-state index contributed by atoms with van der Waals surface area (Å²) in [6.45, 7) is 4.60. The largest absolute Gasteiger partial charge is 0.486 e. The van der Waals surface area contributed by atoms with Crippen molar-refractivity contribution in [3.8, 4) is 0 Å². The summed E-state index contributed by atoms with van der Waals surface area (Å²) >= 11 is 4.44. The van der Waals surface area contributed by atoms with Gasteiger partial charge in [0, 0.05) is 0 Å². The molecule has 8 heavy (non-hydrogen) atoms. The molecule has 0 aliphatic heterocycles. The minimum absolute atomic E-state index is 0.625. The van der Waals surface area contributed by atoms with Gasteiger partial charge in [-0.25, -0.2) is 0 Å². The smallest absolute Gasteiger partial charge is 0.146 e. The lowest BCUT2D eigenvalue weighted by molar-refractivity contribution is 0.364. The van der Waals surface area contributed by atoms with E-state index in [0.717, 1.165) is 0 Å². The van der Waals surface area contributed by atoms with E-state index in [-0.39, 0.29) is 0 Å². The van der Waals surface area contributed by atoms with Crippen molar-refractivity contribution >= 4 is 17.8 Å². The Morgan fingerprint density at radius 2 is 2.38 bits per heavy atom. The lowest BCUT2D eigenvalue weighted by Crippen LogP contribution is -1.90. The van der Waals surface area contributed by atoms with Crippen LogP contribution in [0.25, 0.3) is 0 Å². The Balaban J connectivity index is 3.24. The molecular weight excluding hydrogens is 120 g/mol. The Bertz CT molecular complexity index is 96.7. The molecule has 1 nitrogen and oxygen atoms in total. The van der Waals surface area contributed by atoms with E-state index < -0.39 is 0 Å². The van der Waals surface area contributed by atoms with E-state index >= 15 is 0 Å². The van der Waals surface area contributed by atoms with Crippen molar-refractivity contribution in [2.75, 3.05) is 6.61 Å². The molecule has 0 rings (SSSR count). The molecular formula is C6H10OS. The maximum absolute atomic E-state index is 4.81. The van der Waals surface area contributed by atoms with E-state index in [1.165, 1.54) is 11.1 Å². The first kappa shape index (κ1) is 7.63. The van der Waals surface area contributed by atoms with Crippen LogP contribution in [-0.4, -0.2) is 12.2 Å². The van der Waals surface area contributed by atoms with Gasteiger partial charge < -0.3 is 4.74 Å². The Kier molecular flexibility index (Phi) is 4.56. The highest BCUT2D eigenvalue weighted by Gasteiger charge is 1.81. The normalized spacial score (nSPS) is 11.0. The molecule has 0 bridgehead atoms. The molecule has 0 heterocycles. The van der Waals surface area contributed by atoms with E-state index in [0.29, 0.717) is 6.61 Å². The summed E-state index contributed by atoms with van der Waals surface area (Å²) < 4.78 is 4.81. The van der Waals surface area contributed by atoms with Gasteiger partial charge in [0.2, 0.25) is 0 Å². The fourth-order valence-electron chi connectivity index (χ4n) is 0.249. The average Bonchev–Trinajstić information content (AvgIpc) is 1.83. The van der Waals surface area contributed by atoms with Crippen molar-refractivity contribution in [1.29, 1.82) is 0 Å². The highest BCUT2D eigenvalue weighted by Crippen LogP contribution is 1.89. The lowest BCUT2D eigenvalue weighted by atomic mass is 10.3. The topological polar surface area (TPSA) is 9.23 Å². The average molecular weight is 130 g/mol. The van der Waals surface area contributed by atoms with Crippen molar-refractivity contribution in [3.05, 3.63) is 11.6 Å². The summed E-state index contributed by atoms with van der Waals surface area (Å²) in [5.74, 6) is 0. The Morgan fingerprint density at radius 3 is 2.75 bits per heavy atom. The summed E-state index contributed by atoms with van der Waals surface area (Å²) in [4.78, 5) is 0. The van der Waals surface area contributed by atoms with E-state index in [1.807, 2.05) is 19.9 Å². The number of hydrogen-bond donors (Lipinski definition) is 0. The van der Waals surface area contributed by atoms with E-state index in [4.69, 9.17) is 4.74 Å². The Hall–Kier alpha value is -0.370. The molecule has 0 aliphatic rings. The van der Waals surface area contributed by atoms with Crippen LogP contribution in [0.3, 0.4) is 0 Å². The van der Waals surface area contributed by atoms with Crippen LogP contribution in [0.1, 0.15) is 13.8 Å². The highest BCUT2D eigenvalue weighted by atomic mass is 32.1. The minimum atomic E-state index is 0.625. The van der Waals surface area contributed by atoms with Gasteiger partial charge in [0.15, 0.2) is 0 Å². The van der Waals surface area contributed by atoms with E-state index in [1.54, 1.807) is 0 Å². The lowest BCUT2D eigenvalue weighted by Gasteiger charge is -1.95. The van der Waals surface area contributed by atoms with Crippen molar-refractivity contribution in [1.82, 2.24) is 0 Å². The second-order valence-electron chi connectivity index (χ2n) is 1.54. The molecule has 0 amide bonds. The van der Waals surface area contributed by atoms with Crippen LogP contribution >= 0.6 is 12.2 Å². The maximum Gasteiger partial charge on any atom is 0.146 e. The zero-order valence-electron chi connectivity index (χ0n) is 5.18. The van der Waals surface area contributed by atoms with Gasteiger partial charge in [-0.1, -0.05) is 6.08 Å². The van der Waals surface area contributed by atoms with Crippen LogP contribution in [-0.2, 0) is 4.74 Å². The number of rotatable bonds is 3. The summed E-state index contributed by atoms with van der Waals surface area (Å²) in [5.41, 5.74) is 2.48. The molecule has 0 atom stereocenters. The fourth-order valence-corrected chi connectivity index (χ4v) is 0.317. The predicted molar refractivity (Wildman–Crippen MR) is 39.0 cm³/mol. The third-order valence-corrected chi connectivity index (χ3v) is 1.01.